The average molecular weight is 778 g/mol. The Labute approximate surface area is 355 Å². The van der Waals surface area contributed by atoms with Crippen molar-refractivity contribution in [1.29, 1.82) is 0 Å². The third-order valence-electron chi connectivity index (χ3n) is 11.6. The minimum absolute atomic E-state index is 0.682. The van der Waals surface area contributed by atoms with Crippen LogP contribution in [0.3, 0.4) is 0 Å². The summed E-state index contributed by atoms with van der Waals surface area (Å²) in [5.74, 6) is 0.682. The summed E-state index contributed by atoms with van der Waals surface area (Å²) in [7, 11) is 0. The molecule has 286 valence electrons. The van der Waals surface area contributed by atoms with Crippen LogP contribution >= 0.6 is 0 Å². The van der Waals surface area contributed by atoms with Gasteiger partial charge in [0.2, 0.25) is 0 Å². The van der Waals surface area contributed by atoms with Crippen LogP contribution in [0.5, 0.6) is 0 Å². The summed E-state index contributed by atoms with van der Waals surface area (Å²) in [6.45, 7) is 0. The normalized spacial score (nSPS) is 11.3. The molecule has 0 spiro atoms. The summed E-state index contributed by atoms with van der Waals surface area (Å²) in [6, 6.07) is 84.0. The quantitative estimate of drug-likeness (QED) is 0.154. The fourth-order valence-corrected chi connectivity index (χ4v) is 8.58. The maximum Gasteiger partial charge on any atom is 0.160 e. The molecule has 0 bridgehead atoms. The Morgan fingerprint density at radius 1 is 0.279 bits per heavy atom. The van der Waals surface area contributed by atoms with Crippen LogP contribution in [0.15, 0.2) is 237 Å². The molecule has 3 heteroatoms. The van der Waals surface area contributed by atoms with E-state index in [4.69, 9.17) is 9.97 Å². The van der Waals surface area contributed by atoms with Crippen molar-refractivity contribution in [2.24, 2.45) is 0 Å². The predicted octanol–water partition coefficient (Wildman–Crippen LogP) is 15.2. The van der Waals surface area contributed by atoms with E-state index in [0.29, 0.717) is 5.82 Å². The smallest absolute Gasteiger partial charge is 0.160 e. The van der Waals surface area contributed by atoms with E-state index in [0.717, 1.165) is 77.8 Å². The van der Waals surface area contributed by atoms with E-state index >= 15 is 0 Å². The molecule has 0 amide bonds. The summed E-state index contributed by atoms with van der Waals surface area (Å²) in [4.78, 5) is 11.0. The van der Waals surface area contributed by atoms with Crippen molar-refractivity contribution < 1.29 is 0 Å². The highest BCUT2D eigenvalue weighted by atomic mass is 15.0. The highest BCUT2D eigenvalue weighted by Gasteiger charge is 2.22. The lowest BCUT2D eigenvalue weighted by Gasteiger charge is -2.15. The van der Waals surface area contributed by atoms with Gasteiger partial charge in [-0.3, -0.25) is 0 Å². The molecule has 0 fully saturated rings. The molecule has 0 unspecified atom stereocenters. The first-order chi connectivity index (χ1) is 30.2. The average Bonchev–Trinajstić information content (AvgIpc) is 3.69. The minimum atomic E-state index is 0.682. The Balaban J connectivity index is 1.08. The van der Waals surface area contributed by atoms with Gasteiger partial charge in [0.15, 0.2) is 5.82 Å². The second-order valence-corrected chi connectivity index (χ2v) is 15.4. The molecule has 0 radical (unpaired) electrons. The van der Waals surface area contributed by atoms with Gasteiger partial charge in [0.05, 0.1) is 16.7 Å². The van der Waals surface area contributed by atoms with E-state index in [9.17, 15) is 0 Å². The van der Waals surface area contributed by atoms with E-state index in [2.05, 4.69) is 241 Å². The summed E-state index contributed by atoms with van der Waals surface area (Å²) >= 11 is 0. The van der Waals surface area contributed by atoms with Crippen LogP contribution in [0.1, 0.15) is 0 Å². The van der Waals surface area contributed by atoms with Crippen molar-refractivity contribution in [1.82, 2.24) is 14.5 Å². The monoisotopic (exact) mass is 777 g/mol. The fourth-order valence-electron chi connectivity index (χ4n) is 8.58. The molecule has 0 aliphatic rings. The fraction of sp³-hybridized carbons (Fsp3) is 0. The van der Waals surface area contributed by atoms with E-state index in [1.165, 1.54) is 22.3 Å². The Morgan fingerprint density at radius 3 is 1.23 bits per heavy atom. The molecule has 9 aromatic carbocycles. The summed E-state index contributed by atoms with van der Waals surface area (Å²) < 4.78 is 2.33. The van der Waals surface area contributed by atoms with Crippen molar-refractivity contribution in [3.63, 3.8) is 0 Å². The molecule has 2 aromatic heterocycles. The summed E-state index contributed by atoms with van der Waals surface area (Å²) in [6.07, 6.45) is 0. The number of aromatic nitrogens is 3. The van der Waals surface area contributed by atoms with Crippen LogP contribution in [0, 0.1) is 0 Å². The molecule has 0 aliphatic carbocycles. The molecular weight excluding hydrogens is 739 g/mol. The zero-order valence-electron chi connectivity index (χ0n) is 33.4. The standard InChI is InChI=1S/C58H39N3/c1-5-17-40(18-6-1)45-23-15-24-46(35-45)43-31-33-44(34-32-43)47-25-16-26-48(36-47)58-59-55(57-56(60-58)53-29-13-14-30-54(53)61(57)52-27-11-4-12-28-52)51-38-49(41-19-7-2-8-20-41)37-50(39-51)42-21-9-3-10-22-42/h1-39H. The van der Waals surface area contributed by atoms with E-state index in [-0.39, 0.29) is 0 Å². The second kappa shape index (κ2) is 15.6. The van der Waals surface area contributed by atoms with Gasteiger partial charge in [-0.05, 0) is 104 Å². The third-order valence-corrected chi connectivity index (χ3v) is 11.6. The zero-order valence-corrected chi connectivity index (χ0v) is 33.4. The second-order valence-electron chi connectivity index (χ2n) is 15.4. The van der Waals surface area contributed by atoms with E-state index in [1.807, 2.05) is 0 Å². The van der Waals surface area contributed by atoms with Crippen molar-refractivity contribution >= 4 is 21.9 Å². The van der Waals surface area contributed by atoms with Gasteiger partial charge in [-0.1, -0.05) is 188 Å². The first-order valence-electron chi connectivity index (χ1n) is 20.7. The molecule has 0 saturated heterocycles. The lowest BCUT2D eigenvalue weighted by molar-refractivity contribution is 1.15. The predicted molar refractivity (Wildman–Crippen MR) is 254 cm³/mol. The third kappa shape index (κ3) is 6.88. The molecule has 3 nitrogen and oxygen atoms in total. The summed E-state index contributed by atoms with van der Waals surface area (Å²) in [5, 5.41) is 1.08. The maximum absolute atomic E-state index is 5.58. The van der Waals surface area contributed by atoms with Gasteiger partial charge < -0.3 is 4.57 Å². The van der Waals surface area contributed by atoms with Gasteiger partial charge in [-0.15, -0.1) is 0 Å². The minimum Gasteiger partial charge on any atom is -0.306 e. The zero-order chi connectivity index (χ0) is 40.5. The molecule has 0 atom stereocenters. The van der Waals surface area contributed by atoms with Crippen LogP contribution in [0.25, 0.3) is 106 Å². The maximum atomic E-state index is 5.58. The number of hydrogen-bond donors (Lipinski definition) is 0. The van der Waals surface area contributed by atoms with Gasteiger partial charge in [0.25, 0.3) is 0 Å². The molecule has 0 saturated carbocycles. The largest absolute Gasteiger partial charge is 0.306 e. The Morgan fingerprint density at radius 2 is 0.672 bits per heavy atom. The van der Waals surface area contributed by atoms with E-state index in [1.54, 1.807) is 0 Å². The highest BCUT2D eigenvalue weighted by Crippen LogP contribution is 2.41. The van der Waals surface area contributed by atoms with Crippen molar-refractivity contribution in [3.05, 3.63) is 237 Å². The lowest BCUT2D eigenvalue weighted by atomic mass is 9.94. The number of rotatable bonds is 8. The van der Waals surface area contributed by atoms with Crippen molar-refractivity contribution in [3.8, 4) is 84.0 Å². The van der Waals surface area contributed by atoms with E-state index < -0.39 is 0 Å². The van der Waals surface area contributed by atoms with Gasteiger partial charge in [0, 0.05) is 22.2 Å². The Kier molecular flexibility index (Phi) is 9.18. The van der Waals surface area contributed by atoms with Crippen molar-refractivity contribution in [2.45, 2.75) is 0 Å². The molecule has 11 rings (SSSR count). The number of hydrogen-bond acceptors (Lipinski definition) is 2. The first-order valence-corrected chi connectivity index (χ1v) is 20.7. The number of para-hydroxylation sites is 2. The van der Waals surface area contributed by atoms with Crippen LogP contribution in [0.2, 0.25) is 0 Å². The molecule has 61 heavy (non-hydrogen) atoms. The van der Waals surface area contributed by atoms with Crippen LogP contribution in [-0.4, -0.2) is 14.5 Å². The van der Waals surface area contributed by atoms with Gasteiger partial charge in [-0.25, -0.2) is 9.97 Å². The summed E-state index contributed by atoms with van der Waals surface area (Å²) in [5.41, 5.74) is 18.5. The van der Waals surface area contributed by atoms with Gasteiger partial charge in [0.1, 0.15) is 5.52 Å². The van der Waals surface area contributed by atoms with Crippen LogP contribution < -0.4 is 0 Å². The molecular formula is C58H39N3. The SMILES string of the molecule is c1ccc(-c2cccc(-c3ccc(-c4cccc(-c5nc(-c6cc(-c7ccccc7)cc(-c7ccccc7)c6)c6c(n5)c5ccccc5n6-c5ccccc5)c4)cc3)c2)cc1. The van der Waals surface area contributed by atoms with Gasteiger partial charge >= 0.3 is 0 Å². The Hall–Kier alpha value is -8.14. The number of nitrogens with zero attached hydrogens (tertiary/aromatic N) is 3. The first kappa shape index (κ1) is 36.0. The Bertz CT molecular complexity index is 3260. The topological polar surface area (TPSA) is 30.7 Å². The molecule has 0 aliphatic heterocycles. The molecule has 11 aromatic rings. The van der Waals surface area contributed by atoms with Gasteiger partial charge in [-0.2, -0.15) is 0 Å². The number of benzene rings is 9. The van der Waals surface area contributed by atoms with Crippen LogP contribution in [-0.2, 0) is 0 Å². The number of fused-ring (bicyclic) bond motifs is 3. The lowest BCUT2D eigenvalue weighted by Crippen LogP contribution is -2.00. The molecule has 2 heterocycles. The highest BCUT2D eigenvalue weighted by molar-refractivity contribution is 6.12. The van der Waals surface area contributed by atoms with Crippen LogP contribution in [0.4, 0.5) is 0 Å². The molecule has 0 N–H and O–H groups in total. The van der Waals surface area contributed by atoms with Crippen molar-refractivity contribution in [2.75, 3.05) is 0 Å².